The summed E-state index contributed by atoms with van der Waals surface area (Å²) in [5.41, 5.74) is 12.7. The SMILES string of the molecule is CC(C)(C)c1ccnc(-n2c3ccccc3c3ccc(Oc4cccc(N5CN(c6cccc(C(C)(C)c7ccccc7)c6)c6cc(C(C)(C)c7ccccc7)ccc65)c4)cc32)c1. The van der Waals surface area contributed by atoms with Crippen molar-refractivity contribution in [2.24, 2.45) is 0 Å². The molecule has 0 fully saturated rings. The maximum absolute atomic E-state index is 6.79. The Balaban J connectivity index is 1.03. The van der Waals surface area contributed by atoms with Crippen LogP contribution in [0.1, 0.15) is 76.3 Å². The van der Waals surface area contributed by atoms with Crippen molar-refractivity contribution in [2.45, 2.75) is 64.7 Å². The third-order valence-electron chi connectivity index (χ3n) is 13.3. The van der Waals surface area contributed by atoms with Gasteiger partial charge < -0.3 is 14.5 Å². The number of ether oxygens (including phenoxy) is 1. The van der Waals surface area contributed by atoms with E-state index in [1.165, 1.54) is 38.9 Å². The zero-order chi connectivity index (χ0) is 43.5. The minimum absolute atomic E-state index is 0.00696. The normalized spacial score (nSPS) is 13.2. The first kappa shape index (κ1) is 40.0. The molecule has 1 aliphatic heterocycles. The molecule has 10 rings (SSSR count). The second-order valence-electron chi connectivity index (χ2n) is 19.0. The summed E-state index contributed by atoms with van der Waals surface area (Å²) in [6.45, 7) is 16.6. The highest BCUT2D eigenvalue weighted by Crippen LogP contribution is 2.48. The van der Waals surface area contributed by atoms with Gasteiger partial charge in [-0.15, -0.1) is 0 Å². The van der Waals surface area contributed by atoms with Crippen LogP contribution in [-0.4, -0.2) is 16.2 Å². The molecular weight excluding hydrogens is 769 g/mol. The van der Waals surface area contributed by atoms with E-state index in [0.717, 1.165) is 50.8 Å². The molecule has 5 heteroatoms. The first-order valence-corrected chi connectivity index (χ1v) is 22.1. The lowest BCUT2D eigenvalue weighted by molar-refractivity contribution is 0.483. The van der Waals surface area contributed by atoms with Crippen molar-refractivity contribution in [1.82, 2.24) is 9.55 Å². The van der Waals surface area contributed by atoms with E-state index >= 15 is 0 Å². The zero-order valence-corrected chi connectivity index (χ0v) is 37.3. The number of pyridine rings is 1. The molecule has 0 atom stereocenters. The fraction of sp³-hybridized carbons (Fsp3) is 0.190. The lowest BCUT2D eigenvalue weighted by Gasteiger charge is -2.29. The molecule has 3 heterocycles. The molecule has 0 bridgehead atoms. The van der Waals surface area contributed by atoms with Crippen molar-refractivity contribution in [3.63, 3.8) is 0 Å². The highest BCUT2D eigenvalue weighted by molar-refractivity contribution is 6.09. The second-order valence-corrected chi connectivity index (χ2v) is 19.0. The maximum atomic E-state index is 6.79. The van der Waals surface area contributed by atoms with Crippen molar-refractivity contribution in [3.05, 3.63) is 216 Å². The van der Waals surface area contributed by atoms with Crippen LogP contribution in [0, 0.1) is 0 Å². The topological polar surface area (TPSA) is 33.5 Å². The van der Waals surface area contributed by atoms with Crippen LogP contribution in [0.25, 0.3) is 27.6 Å². The quantitative estimate of drug-likeness (QED) is 0.145. The Hall–Kier alpha value is -7.11. The van der Waals surface area contributed by atoms with Gasteiger partial charge in [0.2, 0.25) is 0 Å². The summed E-state index contributed by atoms with van der Waals surface area (Å²) in [6, 6.07) is 65.5. The van der Waals surface area contributed by atoms with Crippen LogP contribution in [0.15, 0.2) is 188 Å². The van der Waals surface area contributed by atoms with E-state index in [1.807, 2.05) is 12.3 Å². The molecule has 63 heavy (non-hydrogen) atoms. The molecule has 0 radical (unpaired) electrons. The van der Waals surface area contributed by atoms with Gasteiger partial charge >= 0.3 is 0 Å². The molecule has 0 amide bonds. The van der Waals surface area contributed by atoms with Crippen LogP contribution in [0.4, 0.5) is 22.7 Å². The van der Waals surface area contributed by atoms with Crippen LogP contribution in [0.5, 0.6) is 11.5 Å². The lowest BCUT2D eigenvalue weighted by Crippen LogP contribution is -2.25. The molecule has 9 aromatic rings. The van der Waals surface area contributed by atoms with Crippen LogP contribution in [0.2, 0.25) is 0 Å². The molecule has 0 saturated heterocycles. The van der Waals surface area contributed by atoms with Crippen LogP contribution in [-0.2, 0) is 16.2 Å². The number of benzene rings is 7. The number of nitrogens with zero attached hydrogens (tertiary/aromatic N) is 4. The van der Waals surface area contributed by atoms with E-state index in [2.05, 4.69) is 239 Å². The largest absolute Gasteiger partial charge is 0.457 e. The van der Waals surface area contributed by atoms with Crippen molar-refractivity contribution >= 4 is 44.6 Å². The third kappa shape index (κ3) is 7.21. The molecule has 7 aromatic carbocycles. The molecule has 2 aromatic heterocycles. The van der Waals surface area contributed by atoms with Gasteiger partial charge in [0.15, 0.2) is 0 Å². The van der Waals surface area contributed by atoms with E-state index < -0.39 is 0 Å². The fourth-order valence-electron chi connectivity index (χ4n) is 9.32. The summed E-state index contributed by atoms with van der Waals surface area (Å²) in [5, 5.41) is 2.35. The van der Waals surface area contributed by atoms with E-state index in [9.17, 15) is 0 Å². The van der Waals surface area contributed by atoms with Gasteiger partial charge in [-0.3, -0.25) is 4.57 Å². The minimum Gasteiger partial charge on any atom is -0.457 e. The van der Waals surface area contributed by atoms with E-state index in [1.54, 1.807) is 0 Å². The fourth-order valence-corrected chi connectivity index (χ4v) is 9.32. The Bertz CT molecular complexity index is 3120. The Kier molecular flexibility index (Phi) is 9.75. The van der Waals surface area contributed by atoms with Gasteiger partial charge in [-0.25, -0.2) is 4.98 Å². The van der Waals surface area contributed by atoms with Crippen molar-refractivity contribution in [3.8, 4) is 17.3 Å². The lowest BCUT2D eigenvalue weighted by atomic mass is 9.77. The number of hydrogen-bond donors (Lipinski definition) is 0. The summed E-state index contributed by atoms with van der Waals surface area (Å²) in [6.07, 6.45) is 1.92. The maximum Gasteiger partial charge on any atom is 0.137 e. The molecule has 0 saturated carbocycles. The van der Waals surface area contributed by atoms with E-state index in [0.29, 0.717) is 6.67 Å². The summed E-state index contributed by atoms with van der Waals surface area (Å²) >= 11 is 0. The third-order valence-corrected chi connectivity index (χ3v) is 13.3. The standard InChI is InChI=1S/C58H54N4O/c1-56(2,3)42-32-33-59-55(36-42)62-51-27-15-14-26-49(51)50-30-29-48(38-53(50)62)63-47-25-17-24-46(37-47)60-39-61(45-23-16-22-43(34-45)57(4,5)40-18-10-8-11-19-40)54-35-44(28-31-52(54)60)58(6,7)41-20-12-9-13-21-41/h8-38H,39H2,1-7H3. The summed E-state index contributed by atoms with van der Waals surface area (Å²) in [5.74, 6) is 2.44. The van der Waals surface area contributed by atoms with Gasteiger partial charge in [0.25, 0.3) is 0 Å². The summed E-state index contributed by atoms with van der Waals surface area (Å²) in [4.78, 5) is 9.76. The van der Waals surface area contributed by atoms with Crippen molar-refractivity contribution in [2.75, 3.05) is 16.5 Å². The smallest absolute Gasteiger partial charge is 0.137 e. The monoisotopic (exact) mass is 822 g/mol. The Morgan fingerprint density at radius 3 is 1.73 bits per heavy atom. The summed E-state index contributed by atoms with van der Waals surface area (Å²) in [7, 11) is 0. The molecule has 0 spiro atoms. The first-order valence-electron chi connectivity index (χ1n) is 22.1. The molecule has 0 N–H and O–H groups in total. The van der Waals surface area contributed by atoms with Crippen molar-refractivity contribution in [1.29, 1.82) is 0 Å². The van der Waals surface area contributed by atoms with E-state index in [4.69, 9.17) is 9.72 Å². The van der Waals surface area contributed by atoms with Crippen LogP contribution >= 0.6 is 0 Å². The first-order chi connectivity index (χ1) is 30.4. The molecular formula is C58H54N4O. The summed E-state index contributed by atoms with van der Waals surface area (Å²) < 4.78 is 9.05. The second kappa shape index (κ2) is 15.4. The minimum atomic E-state index is -0.196. The number of para-hydroxylation sites is 1. The Morgan fingerprint density at radius 2 is 1.02 bits per heavy atom. The number of aromatic nitrogens is 2. The Morgan fingerprint density at radius 1 is 0.429 bits per heavy atom. The predicted molar refractivity (Wildman–Crippen MR) is 263 cm³/mol. The van der Waals surface area contributed by atoms with Gasteiger partial charge in [0.05, 0.1) is 22.4 Å². The van der Waals surface area contributed by atoms with Gasteiger partial charge in [-0.05, 0) is 100.0 Å². The average Bonchev–Trinajstić information content (AvgIpc) is 3.85. The van der Waals surface area contributed by atoms with Gasteiger partial charge in [0.1, 0.15) is 24.0 Å². The van der Waals surface area contributed by atoms with Crippen LogP contribution in [0.3, 0.4) is 0 Å². The van der Waals surface area contributed by atoms with Gasteiger partial charge in [-0.1, -0.05) is 152 Å². The van der Waals surface area contributed by atoms with Gasteiger partial charge in [0, 0.05) is 51.3 Å². The predicted octanol–water partition coefficient (Wildman–Crippen LogP) is 15.2. The molecule has 0 unspecified atom stereocenters. The zero-order valence-electron chi connectivity index (χ0n) is 37.3. The van der Waals surface area contributed by atoms with Crippen molar-refractivity contribution < 1.29 is 4.74 Å². The number of rotatable bonds is 9. The van der Waals surface area contributed by atoms with Gasteiger partial charge in [-0.2, -0.15) is 0 Å². The molecule has 5 nitrogen and oxygen atoms in total. The molecule has 0 aliphatic carbocycles. The highest BCUT2D eigenvalue weighted by atomic mass is 16.5. The molecule has 312 valence electrons. The van der Waals surface area contributed by atoms with Crippen LogP contribution < -0.4 is 14.5 Å². The molecule has 1 aliphatic rings. The van der Waals surface area contributed by atoms with E-state index in [-0.39, 0.29) is 16.2 Å². The Labute approximate surface area is 371 Å². The number of hydrogen-bond acceptors (Lipinski definition) is 4. The number of fused-ring (bicyclic) bond motifs is 4. The highest BCUT2D eigenvalue weighted by Gasteiger charge is 2.33. The average molecular weight is 823 g/mol. The number of anilines is 4.